The molecule has 424 valence electrons. The quantitative estimate of drug-likeness (QED) is 0.205. The Morgan fingerprint density at radius 2 is 0.0317 bits per heavy atom. The summed E-state index contributed by atoms with van der Waals surface area (Å²) in [6.45, 7) is 0. The Morgan fingerprint density at radius 3 is 0.0317 bits per heavy atom. The first kappa shape index (κ1) is 12100. The van der Waals surface area contributed by atoms with Gasteiger partial charge in [-0.25, -0.2) is 0 Å². The molecule has 0 aliphatic carbocycles. The largest absolute Gasteiger partial charge is 4.00 e. The Hall–Kier alpha value is 5.02. The molecule has 0 N–H and O–H groups in total. The van der Waals surface area contributed by atoms with Gasteiger partial charge in [-0.2, -0.15) is 0 Å². The van der Waals surface area contributed by atoms with Crippen molar-refractivity contribution in [1.29, 1.82) is 0 Å². The van der Waals surface area contributed by atoms with Crippen molar-refractivity contribution in [1.82, 2.24) is 0 Å². The zero-order valence-corrected chi connectivity index (χ0v) is 42.3. The summed E-state index contributed by atoms with van der Waals surface area (Å²) in [5, 5.41) is 0. The van der Waals surface area contributed by atoms with Gasteiger partial charge in [-0.15, -0.1) is 0 Å². The molecule has 0 atom stereocenters. The Kier molecular flexibility index (Phi) is 2230000. The van der Waals surface area contributed by atoms with Gasteiger partial charge < -0.3 is 290 Å². The number of hydrogen-bond donors (Lipinski definition) is 0. The second kappa shape index (κ2) is 11600. The molecule has 0 rings (SSSR count). The van der Waals surface area contributed by atoms with Gasteiger partial charge in [-0.3, -0.25) is 0 Å². The van der Waals surface area contributed by atoms with Gasteiger partial charge in [0.25, 0.3) is 0 Å². The van der Waals surface area contributed by atoms with Crippen LogP contribution in [0.3, 0.4) is 0 Å². The van der Waals surface area contributed by atoms with E-state index in [1.807, 2.05) is 0 Å². The second-order valence-electron chi connectivity index (χ2n) is 0. The summed E-state index contributed by atoms with van der Waals surface area (Å²) in [7, 11) is 0. The summed E-state index contributed by atoms with van der Waals surface area (Å²) in [4.78, 5) is 0. The van der Waals surface area contributed by atoms with Gasteiger partial charge in [0, 0.05) is 0 Å². The molecule has 0 bridgehead atoms. The molecule has 0 saturated carbocycles. The summed E-state index contributed by atoms with van der Waals surface area (Å²) in [6.07, 6.45) is 0. The summed E-state index contributed by atoms with van der Waals surface area (Å²) in [6, 6.07) is 0. The molecule has 0 aromatic heterocycles. The van der Waals surface area contributed by atoms with Crippen LogP contribution >= 0.6 is 0 Å². The van der Waals surface area contributed by atoms with Crippen molar-refractivity contribution in [3.05, 3.63) is 0 Å². The van der Waals surface area contributed by atoms with Crippen LogP contribution in [0.15, 0.2) is 0 Å². The van der Waals surface area contributed by atoms with Gasteiger partial charge in [0.15, 0.2) is 0 Å². The molecular weight excluding hydrogens is 1330 g/mol. The van der Waals surface area contributed by atoms with Crippen molar-refractivity contribution < 1.29 is 507 Å². The van der Waals surface area contributed by atoms with E-state index in [9.17, 15) is 0 Å². The zero-order valence-electron chi connectivity index (χ0n) is 26.6. The molecule has 63 heteroatoms. The van der Waals surface area contributed by atoms with Crippen LogP contribution in [0.5, 0.6) is 0 Å². The molecular formula is O53Ti10-66. The van der Waals surface area contributed by atoms with Crippen molar-refractivity contribution >= 4 is 0 Å². The molecule has 0 saturated heterocycles. The van der Waals surface area contributed by atoms with E-state index in [4.69, 9.17) is 0 Å². The normalized spacial score (nSPS) is 0. The fourth-order valence-electron chi connectivity index (χ4n) is 0. The third kappa shape index (κ3) is 11200. The molecule has 0 heterocycles. The molecule has 0 aromatic carbocycles. The van der Waals surface area contributed by atoms with Crippen LogP contribution in [0.25, 0.3) is 0 Å². The average molecular weight is 1330 g/mol. The monoisotopic (exact) mass is 1330 g/mol. The van der Waals surface area contributed by atoms with E-state index in [2.05, 4.69) is 0 Å². The van der Waals surface area contributed by atoms with Crippen molar-refractivity contribution in [3.63, 3.8) is 0 Å². The van der Waals surface area contributed by atoms with E-state index in [0.717, 1.165) is 0 Å². The topological polar surface area (TPSA) is 1510 Å². The van der Waals surface area contributed by atoms with Crippen LogP contribution < -0.4 is 0 Å². The Morgan fingerprint density at radius 1 is 0.0317 bits per heavy atom. The van der Waals surface area contributed by atoms with E-state index in [1.165, 1.54) is 0 Å². The third-order valence-corrected chi connectivity index (χ3v) is 0. The molecule has 0 aliphatic rings. The predicted molar refractivity (Wildman–Crippen MR) is 36.4 cm³/mol. The Balaban J connectivity index is 0. The molecule has 0 amide bonds. The smallest absolute Gasteiger partial charge is 2.00 e. The Labute approximate surface area is 502 Å². The fourth-order valence-corrected chi connectivity index (χ4v) is 0. The second-order valence-corrected chi connectivity index (χ2v) is 0. The SMILES string of the molecule is [O-2].[O-2].[O-2].[O-2].[O-2].[O-2].[O-2].[O-2].[O-2].[O-2].[O-2].[O-2].[O-2].[O-2].[O-2].[O-2].[O-2].[O-2].[O-2].[O-2].[O-2].[O-2].[O-2].[O-2].[O-2].[O-2].[O-2].[O-2].[O-2].[O-2].[O-2].[O-2].[O-2].[O-2].[O-2].[O-2].[O-2].[O-2].[O-2].[O-2].[O-2].[O-2].[O-2].[O-2].[O-2].[O-2].[O-2].[O-2].[O-2].[O-2].[O-2].[O-2].[O-2].[Ti+4].[Ti+4].[Ti+4].[Ti+4].[Ti+4].[Ti+4].[Ti+4].[Ti+4].[Ti+4].[Ti+4]. The molecule has 63 heavy (non-hydrogen) atoms. The standard InChI is InChI=1S/53O.10Ti/q53*-2;10*+4. The first-order valence-electron chi connectivity index (χ1n) is 0. The van der Waals surface area contributed by atoms with Crippen molar-refractivity contribution in [3.8, 4) is 0 Å². The minimum Gasteiger partial charge on any atom is -2.00 e. The van der Waals surface area contributed by atoms with Gasteiger partial charge in [0.2, 0.25) is 0 Å². The molecule has 0 fully saturated rings. The third-order valence-electron chi connectivity index (χ3n) is 0. The molecule has 0 spiro atoms. The summed E-state index contributed by atoms with van der Waals surface area (Å²) < 4.78 is 0. The first-order valence-corrected chi connectivity index (χ1v) is 0. The van der Waals surface area contributed by atoms with Gasteiger partial charge >= 0.3 is 217 Å². The molecule has 0 aromatic rings. The van der Waals surface area contributed by atoms with E-state index in [0.29, 0.717) is 0 Å². The maximum Gasteiger partial charge on any atom is 4.00 e. The molecule has 0 radical (unpaired) electrons. The average Bonchev–Trinajstić information content (AvgIpc) is 0. The summed E-state index contributed by atoms with van der Waals surface area (Å²) >= 11 is 0. The fraction of sp³-hybridized carbons (Fsp3) is 0. The van der Waals surface area contributed by atoms with Crippen molar-refractivity contribution in [2.75, 3.05) is 0 Å². The van der Waals surface area contributed by atoms with Crippen LogP contribution in [0.1, 0.15) is 0 Å². The number of hydrogen-bond acceptors (Lipinski definition) is 0. The van der Waals surface area contributed by atoms with Gasteiger partial charge in [0.1, 0.15) is 0 Å². The van der Waals surface area contributed by atoms with Crippen LogP contribution in [0, 0.1) is 0 Å². The van der Waals surface area contributed by atoms with Gasteiger partial charge in [-0.1, -0.05) is 0 Å². The zero-order chi connectivity index (χ0) is 0. The molecule has 0 aliphatic heterocycles. The van der Waals surface area contributed by atoms with Gasteiger partial charge in [-0.05, 0) is 0 Å². The molecule has 0 unspecified atom stereocenters. The molecule has 53 nitrogen and oxygen atoms in total. The predicted octanol–water partition coefficient (Wildman–Crippen LogP) is -6.32. The van der Waals surface area contributed by atoms with Crippen LogP contribution in [0.4, 0.5) is 0 Å². The number of rotatable bonds is 0. The minimum atomic E-state index is 0. The van der Waals surface area contributed by atoms with Gasteiger partial charge in [0.05, 0.1) is 0 Å². The first-order chi connectivity index (χ1) is 0. The van der Waals surface area contributed by atoms with Crippen LogP contribution in [-0.4, -0.2) is 0 Å². The minimum absolute atomic E-state index is 0. The summed E-state index contributed by atoms with van der Waals surface area (Å²) in [5.41, 5.74) is 0. The maximum atomic E-state index is 0. The van der Waals surface area contributed by atoms with Crippen molar-refractivity contribution in [2.45, 2.75) is 0 Å². The Bertz CT molecular complexity index is 39.8. The van der Waals surface area contributed by atoms with E-state index in [-0.39, 0.29) is 507 Å². The van der Waals surface area contributed by atoms with Crippen LogP contribution in [-0.2, 0) is 507 Å². The van der Waals surface area contributed by atoms with Crippen LogP contribution in [0.2, 0.25) is 0 Å². The van der Waals surface area contributed by atoms with E-state index in [1.54, 1.807) is 0 Å². The van der Waals surface area contributed by atoms with E-state index < -0.39 is 0 Å². The van der Waals surface area contributed by atoms with E-state index >= 15 is 0 Å². The van der Waals surface area contributed by atoms with Crippen molar-refractivity contribution in [2.24, 2.45) is 0 Å². The summed E-state index contributed by atoms with van der Waals surface area (Å²) in [5.74, 6) is 0. The maximum absolute atomic E-state index is 0.